The summed E-state index contributed by atoms with van der Waals surface area (Å²) in [6.45, 7) is 2.08. The summed E-state index contributed by atoms with van der Waals surface area (Å²) in [6.07, 6.45) is 2.11. The number of para-hydroxylation sites is 1. The van der Waals surface area contributed by atoms with E-state index in [1.165, 1.54) is 5.56 Å². The van der Waals surface area contributed by atoms with Crippen LogP contribution in [0.1, 0.15) is 34.5 Å². The van der Waals surface area contributed by atoms with Gasteiger partial charge in [0, 0.05) is 16.2 Å². The Hall–Kier alpha value is -2.76. The van der Waals surface area contributed by atoms with Gasteiger partial charge in [-0.05, 0) is 42.8 Å². The van der Waals surface area contributed by atoms with E-state index in [-0.39, 0.29) is 18.0 Å². The van der Waals surface area contributed by atoms with E-state index in [1.54, 1.807) is 13.2 Å². The van der Waals surface area contributed by atoms with Gasteiger partial charge in [0.15, 0.2) is 6.17 Å². The number of nitrogens with two attached hydrogens (primary N) is 1. The molecule has 0 saturated heterocycles. The van der Waals surface area contributed by atoms with Crippen LogP contribution < -0.4 is 15.4 Å². The van der Waals surface area contributed by atoms with Crippen LogP contribution in [0.25, 0.3) is 5.70 Å². The summed E-state index contributed by atoms with van der Waals surface area (Å²) in [7, 11) is 1.69. The average Bonchev–Trinajstić information content (AvgIpc) is 2.75. The van der Waals surface area contributed by atoms with Crippen molar-refractivity contribution in [2.45, 2.75) is 19.1 Å². The zero-order valence-corrected chi connectivity index (χ0v) is 18.0. The van der Waals surface area contributed by atoms with E-state index in [0.717, 1.165) is 32.6 Å². The van der Waals surface area contributed by atoms with E-state index in [9.17, 15) is 5.11 Å². The maximum absolute atomic E-state index is 10.5. The SMILES string of the molecule is COc1ccccc1C1NC(c2ccc(C)cc2)=CC(c2cc(Br)ccc2O)[NH2+]1. The summed E-state index contributed by atoms with van der Waals surface area (Å²) >= 11 is 3.53. The first-order valence-electron chi connectivity index (χ1n) is 9.57. The number of nitrogens with one attached hydrogen (secondary N) is 1. The Labute approximate surface area is 179 Å². The van der Waals surface area contributed by atoms with Gasteiger partial charge in [0.05, 0.1) is 18.2 Å². The number of hydrogen-bond acceptors (Lipinski definition) is 3. The minimum atomic E-state index is -0.0594. The van der Waals surface area contributed by atoms with Gasteiger partial charge in [-0.15, -0.1) is 0 Å². The molecule has 1 aliphatic heterocycles. The molecule has 148 valence electrons. The summed E-state index contributed by atoms with van der Waals surface area (Å²) in [5.41, 5.74) is 5.30. The van der Waals surface area contributed by atoms with Gasteiger partial charge in [0.25, 0.3) is 0 Å². The molecule has 4 rings (SSSR count). The summed E-state index contributed by atoms with van der Waals surface area (Å²) in [5.74, 6) is 1.12. The van der Waals surface area contributed by atoms with Crippen LogP contribution in [0.15, 0.2) is 77.3 Å². The Morgan fingerprint density at radius 1 is 1.00 bits per heavy atom. The number of quaternary nitrogens is 1. The molecule has 4 N–H and O–H groups in total. The molecule has 3 aromatic rings. The van der Waals surface area contributed by atoms with Crippen LogP contribution in [0.2, 0.25) is 0 Å². The summed E-state index contributed by atoms with van der Waals surface area (Å²) in [6, 6.07) is 22.0. The molecule has 0 bridgehead atoms. The lowest BCUT2D eigenvalue weighted by Gasteiger charge is -2.30. The number of aryl methyl sites for hydroxylation is 1. The Balaban J connectivity index is 1.80. The van der Waals surface area contributed by atoms with Crippen LogP contribution in [-0.4, -0.2) is 12.2 Å². The topological polar surface area (TPSA) is 58.1 Å². The molecule has 3 aromatic carbocycles. The van der Waals surface area contributed by atoms with E-state index < -0.39 is 0 Å². The fraction of sp³-hybridized carbons (Fsp3) is 0.167. The highest BCUT2D eigenvalue weighted by Crippen LogP contribution is 2.32. The van der Waals surface area contributed by atoms with Gasteiger partial charge in [-0.2, -0.15) is 0 Å². The van der Waals surface area contributed by atoms with Gasteiger partial charge in [-0.25, -0.2) is 0 Å². The monoisotopic (exact) mass is 451 g/mol. The molecule has 1 aliphatic rings. The van der Waals surface area contributed by atoms with Crippen LogP contribution in [0.4, 0.5) is 0 Å². The molecule has 0 fully saturated rings. The largest absolute Gasteiger partial charge is 0.507 e. The van der Waals surface area contributed by atoms with Crippen molar-refractivity contribution in [1.29, 1.82) is 0 Å². The van der Waals surface area contributed by atoms with Gasteiger partial charge in [0.2, 0.25) is 0 Å². The Bertz CT molecular complexity index is 1050. The number of benzene rings is 3. The first-order valence-corrected chi connectivity index (χ1v) is 10.4. The molecule has 0 radical (unpaired) electrons. The Kier molecular flexibility index (Phi) is 5.60. The quantitative estimate of drug-likeness (QED) is 0.550. The number of hydrogen-bond donors (Lipinski definition) is 3. The van der Waals surface area contributed by atoms with E-state index in [1.807, 2.05) is 30.3 Å². The van der Waals surface area contributed by atoms with Crippen LogP contribution in [0.3, 0.4) is 0 Å². The smallest absolute Gasteiger partial charge is 0.190 e. The van der Waals surface area contributed by atoms with Crippen molar-refractivity contribution >= 4 is 21.6 Å². The van der Waals surface area contributed by atoms with Crippen molar-refractivity contribution in [2.24, 2.45) is 0 Å². The van der Waals surface area contributed by atoms with Crippen molar-refractivity contribution in [1.82, 2.24) is 5.32 Å². The number of phenols is 1. The molecule has 5 heteroatoms. The van der Waals surface area contributed by atoms with Crippen molar-refractivity contribution in [3.63, 3.8) is 0 Å². The molecule has 0 spiro atoms. The third-order valence-electron chi connectivity index (χ3n) is 5.24. The third-order valence-corrected chi connectivity index (χ3v) is 5.74. The zero-order valence-electron chi connectivity index (χ0n) is 16.4. The molecule has 4 nitrogen and oxygen atoms in total. The predicted octanol–water partition coefficient (Wildman–Crippen LogP) is 4.42. The van der Waals surface area contributed by atoms with E-state index >= 15 is 0 Å². The van der Waals surface area contributed by atoms with Crippen LogP contribution >= 0.6 is 15.9 Å². The van der Waals surface area contributed by atoms with Crippen molar-refractivity contribution < 1.29 is 15.2 Å². The number of phenolic OH excluding ortho intramolecular Hbond substituents is 1. The molecule has 0 saturated carbocycles. The molecule has 0 aromatic heterocycles. The zero-order chi connectivity index (χ0) is 20.4. The average molecular weight is 452 g/mol. The summed E-state index contributed by atoms with van der Waals surface area (Å²) < 4.78 is 6.54. The second kappa shape index (κ2) is 8.31. The molecule has 2 unspecified atom stereocenters. The lowest BCUT2D eigenvalue weighted by atomic mass is 9.97. The highest BCUT2D eigenvalue weighted by Gasteiger charge is 2.31. The predicted molar refractivity (Wildman–Crippen MR) is 118 cm³/mol. The normalized spacial score (nSPS) is 18.7. The maximum atomic E-state index is 10.5. The van der Waals surface area contributed by atoms with Gasteiger partial charge < -0.3 is 20.5 Å². The highest BCUT2D eigenvalue weighted by atomic mass is 79.9. The minimum absolute atomic E-state index is 0.0556. The lowest BCUT2D eigenvalue weighted by molar-refractivity contribution is -0.731. The van der Waals surface area contributed by atoms with Crippen molar-refractivity contribution in [3.8, 4) is 11.5 Å². The van der Waals surface area contributed by atoms with Crippen molar-refractivity contribution in [3.05, 3.63) is 99.5 Å². The minimum Gasteiger partial charge on any atom is -0.507 e. The van der Waals surface area contributed by atoms with Gasteiger partial charge in [0.1, 0.15) is 17.5 Å². The van der Waals surface area contributed by atoms with E-state index in [0.29, 0.717) is 0 Å². The van der Waals surface area contributed by atoms with Crippen LogP contribution in [-0.2, 0) is 0 Å². The Morgan fingerprint density at radius 2 is 1.76 bits per heavy atom. The van der Waals surface area contributed by atoms with Crippen molar-refractivity contribution in [2.75, 3.05) is 7.11 Å². The summed E-state index contributed by atoms with van der Waals surface area (Å²) in [4.78, 5) is 0. The second-order valence-electron chi connectivity index (χ2n) is 7.23. The standard InChI is InChI=1S/C24H23BrN2O2/c1-15-7-9-16(10-8-15)20-14-21(19-13-17(25)11-12-22(19)28)27-24(26-20)18-5-3-4-6-23(18)29-2/h3-14,21,24,26-28H,1-2H3/p+1. The summed E-state index contributed by atoms with van der Waals surface area (Å²) in [5, 5.41) is 16.4. The van der Waals surface area contributed by atoms with Crippen LogP contribution in [0, 0.1) is 6.92 Å². The number of methoxy groups -OCH3 is 1. The number of rotatable bonds is 4. The maximum Gasteiger partial charge on any atom is 0.190 e. The molecule has 0 aliphatic carbocycles. The highest BCUT2D eigenvalue weighted by molar-refractivity contribution is 9.10. The molecule has 2 atom stereocenters. The first-order chi connectivity index (χ1) is 14.0. The number of halogens is 1. The van der Waals surface area contributed by atoms with E-state index in [4.69, 9.17) is 4.74 Å². The number of ether oxygens (including phenoxy) is 1. The second-order valence-corrected chi connectivity index (χ2v) is 8.15. The van der Waals surface area contributed by atoms with Gasteiger partial charge in [-0.3, -0.25) is 0 Å². The molecule has 29 heavy (non-hydrogen) atoms. The van der Waals surface area contributed by atoms with Gasteiger partial charge >= 0.3 is 0 Å². The molecule has 1 heterocycles. The Morgan fingerprint density at radius 3 is 2.52 bits per heavy atom. The molecular weight excluding hydrogens is 428 g/mol. The number of aromatic hydroxyl groups is 1. The lowest BCUT2D eigenvalue weighted by Crippen LogP contribution is -2.89. The first kappa shape index (κ1) is 19.6. The van der Waals surface area contributed by atoms with E-state index in [2.05, 4.69) is 69.9 Å². The molecule has 0 amide bonds. The van der Waals surface area contributed by atoms with Gasteiger partial charge in [-0.1, -0.05) is 57.9 Å². The third kappa shape index (κ3) is 4.16. The molecular formula is C24H24BrN2O2+. The fourth-order valence-electron chi connectivity index (χ4n) is 3.71. The fourth-order valence-corrected chi connectivity index (χ4v) is 4.09. The van der Waals surface area contributed by atoms with Crippen LogP contribution in [0.5, 0.6) is 11.5 Å².